The molecule has 0 radical (unpaired) electrons. The standard InChI is InChI=1S/C21H24N2O7/c1-4-29-19-10-7-16(13-18(19)23(26)27)21(25)30-14(2)20(24)22-12-11-15-5-8-17(28-3)9-6-15/h5-10,13-14H,4,11-12H2,1-3H3,(H,22,24)/t14-/m0/s1. The van der Waals surface area contributed by atoms with Crippen LogP contribution in [0.15, 0.2) is 42.5 Å². The van der Waals surface area contributed by atoms with Crippen LogP contribution in [0.3, 0.4) is 0 Å². The Hall–Kier alpha value is -3.62. The first kappa shape index (κ1) is 22.7. The number of methoxy groups -OCH3 is 1. The average molecular weight is 416 g/mol. The minimum Gasteiger partial charge on any atom is -0.497 e. The summed E-state index contributed by atoms with van der Waals surface area (Å²) >= 11 is 0. The first-order chi connectivity index (χ1) is 14.3. The Morgan fingerprint density at radius 1 is 1.17 bits per heavy atom. The van der Waals surface area contributed by atoms with E-state index in [1.807, 2.05) is 24.3 Å². The van der Waals surface area contributed by atoms with Crippen molar-refractivity contribution in [3.8, 4) is 11.5 Å². The van der Waals surface area contributed by atoms with Gasteiger partial charge in [0.25, 0.3) is 5.91 Å². The zero-order valence-corrected chi connectivity index (χ0v) is 17.0. The minimum atomic E-state index is -1.06. The quantitative estimate of drug-likeness (QED) is 0.359. The number of nitrogens with zero attached hydrogens (tertiary/aromatic N) is 1. The van der Waals surface area contributed by atoms with Crippen molar-refractivity contribution in [1.82, 2.24) is 5.32 Å². The lowest BCUT2D eigenvalue weighted by Crippen LogP contribution is -2.36. The molecule has 0 saturated heterocycles. The maximum Gasteiger partial charge on any atom is 0.339 e. The zero-order valence-electron chi connectivity index (χ0n) is 17.0. The summed E-state index contributed by atoms with van der Waals surface area (Å²) in [4.78, 5) is 35.0. The lowest BCUT2D eigenvalue weighted by molar-refractivity contribution is -0.385. The zero-order chi connectivity index (χ0) is 22.1. The Labute approximate surface area is 174 Å². The topological polar surface area (TPSA) is 117 Å². The fraction of sp³-hybridized carbons (Fsp3) is 0.333. The first-order valence-corrected chi connectivity index (χ1v) is 9.38. The van der Waals surface area contributed by atoms with E-state index in [1.54, 1.807) is 14.0 Å². The molecule has 160 valence electrons. The van der Waals surface area contributed by atoms with Crippen molar-refractivity contribution in [2.75, 3.05) is 20.3 Å². The lowest BCUT2D eigenvalue weighted by Gasteiger charge is -2.14. The van der Waals surface area contributed by atoms with Crippen LogP contribution in [-0.2, 0) is 16.0 Å². The van der Waals surface area contributed by atoms with E-state index in [1.165, 1.54) is 19.1 Å². The number of amides is 1. The number of rotatable bonds is 10. The highest BCUT2D eigenvalue weighted by atomic mass is 16.6. The van der Waals surface area contributed by atoms with Gasteiger partial charge in [-0.2, -0.15) is 0 Å². The third-order valence-electron chi connectivity index (χ3n) is 4.22. The van der Waals surface area contributed by atoms with Crippen molar-refractivity contribution in [2.24, 2.45) is 0 Å². The molecule has 30 heavy (non-hydrogen) atoms. The summed E-state index contributed by atoms with van der Waals surface area (Å²) in [5, 5.41) is 13.9. The summed E-state index contributed by atoms with van der Waals surface area (Å²) < 4.78 is 15.4. The number of carbonyl (C=O) groups excluding carboxylic acids is 2. The van der Waals surface area contributed by atoms with Crippen molar-refractivity contribution >= 4 is 17.6 Å². The van der Waals surface area contributed by atoms with E-state index in [0.717, 1.165) is 17.4 Å². The van der Waals surface area contributed by atoms with E-state index in [-0.39, 0.29) is 23.6 Å². The van der Waals surface area contributed by atoms with Crippen LogP contribution in [0.25, 0.3) is 0 Å². The fourth-order valence-electron chi connectivity index (χ4n) is 2.61. The van der Waals surface area contributed by atoms with Crippen molar-refractivity contribution in [3.05, 3.63) is 63.7 Å². The molecule has 0 aliphatic rings. The van der Waals surface area contributed by atoms with Gasteiger partial charge in [-0.3, -0.25) is 14.9 Å². The highest BCUT2D eigenvalue weighted by molar-refractivity contribution is 5.93. The molecule has 1 amide bonds. The van der Waals surface area contributed by atoms with Crippen LogP contribution in [0.5, 0.6) is 11.5 Å². The summed E-state index contributed by atoms with van der Waals surface area (Å²) in [7, 11) is 1.59. The SMILES string of the molecule is CCOc1ccc(C(=O)O[C@@H](C)C(=O)NCCc2ccc(OC)cc2)cc1[N+](=O)[O-]. The van der Waals surface area contributed by atoms with Gasteiger partial charge in [0.2, 0.25) is 0 Å². The molecule has 0 saturated carbocycles. The van der Waals surface area contributed by atoms with Crippen molar-refractivity contribution in [1.29, 1.82) is 0 Å². The molecular weight excluding hydrogens is 392 g/mol. The Morgan fingerprint density at radius 2 is 1.87 bits per heavy atom. The molecule has 0 aliphatic carbocycles. The number of nitro groups is 1. The van der Waals surface area contributed by atoms with Gasteiger partial charge in [-0.25, -0.2) is 4.79 Å². The molecule has 0 aliphatic heterocycles. The Bertz CT molecular complexity index is 897. The third-order valence-corrected chi connectivity index (χ3v) is 4.22. The highest BCUT2D eigenvalue weighted by Crippen LogP contribution is 2.28. The Balaban J connectivity index is 1.90. The van der Waals surface area contributed by atoms with Gasteiger partial charge in [0.05, 0.1) is 24.2 Å². The second-order valence-corrected chi connectivity index (χ2v) is 6.31. The number of benzene rings is 2. The van der Waals surface area contributed by atoms with Crippen molar-refractivity contribution in [3.63, 3.8) is 0 Å². The van der Waals surface area contributed by atoms with Gasteiger partial charge in [0, 0.05) is 12.6 Å². The normalized spacial score (nSPS) is 11.3. The molecule has 9 heteroatoms. The summed E-state index contributed by atoms with van der Waals surface area (Å²) in [6, 6.07) is 11.2. The summed E-state index contributed by atoms with van der Waals surface area (Å²) in [6.45, 7) is 3.74. The van der Waals surface area contributed by atoms with Gasteiger partial charge in [0.15, 0.2) is 11.9 Å². The summed E-state index contributed by atoms with van der Waals surface area (Å²) in [5.74, 6) is -0.488. The number of ether oxygens (including phenoxy) is 3. The van der Waals surface area contributed by atoms with Gasteiger partial charge in [-0.05, 0) is 50.1 Å². The predicted molar refractivity (Wildman–Crippen MR) is 109 cm³/mol. The van der Waals surface area contributed by atoms with Gasteiger partial charge in [-0.1, -0.05) is 12.1 Å². The molecular formula is C21H24N2O7. The first-order valence-electron chi connectivity index (χ1n) is 9.38. The molecule has 0 unspecified atom stereocenters. The molecule has 2 rings (SSSR count). The number of carbonyl (C=O) groups is 2. The number of esters is 1. The van der Waals surface area contributed by atoms with Gasteiger partial charge >= 0.3 is 11.7 Å². The number of hydrogen-bond donors (Lipinski definition) is 1. The molecule has 1 N–H and O–H groups in total. The number of nitro benzene ring substituents is 1. The van der Waals surface area contributed by atoms with Crippen LogP contribution >= 0.6 is 0 Å². The van der Waals surface area contributed by atoms with Crippen LogP contribution in [-0.4, -0.2) is 43.2 Å². The maximum atomic E-state index is 12.3. The van der Waals surface area contributed by atoms with Crippen LogP contribution in [0.1, 0.15) is 29.8 Å². The molecule has 9 nitrogen and oxygen atoms in total. The number of nitrogens with one attached hydrogen (secondary N) is 1. The van der Waals surface area contributed by atoms with E-state index in [2.05, 4.69) is 5.32 Å². The smallest absolute Gasteiger partial charge is 0.339 e. The van der Waals surface area contributed by atoms with E-state index in [4.69, 9.17) is 14.2 Å². The lowest BCUT2D eigenvalue weighted by atomic mass is 10.1. The molecule has 2 aromatic rings. The van der Waals surface area contributed by atoms with E-state index in [9.17, 15) is 19.7 Å². The summed E-state index contributed by atoms with van der Waals surface area (Å²) in [5.41, 5.74) is 0.633. The molecule has 0 bridgehead atoms. The Morgan fingerprint density at radius 3 is 2.47 bits per heavy atom. The number of hydrogen-bond acceptors (Lipinski definition) is 7. The van der Waals surface area contributed by atoms with E-state index < -0.39 is 22.9 Å². The Kier molecular flexibility index (Phi) is 8.16. The predicted octanol–water partition coefficient (Wildman–Crippen LogP) is 2.91. The van der Waals surface area contributed by atoms with Crippen LogP contribution in [0.4, 0.5) is 5.69 Å². The largest absolute Gasteiger partial charge is 0.497 e. The fourth-order valence-corrected chi connectivity index (χ4v) is 2.61. The van der Waals surface area contributed by atoms with Crippen LogP contribution < -0.4 is 14.8 Å². The molecule has 0 fully saturated rings. The van der Waals surface area contributed by atoms with Crippen molar-refractivity contribution in [2.45, 2.75) is 26.4 Å². The summed E-state index contributed by atoms with van der Waals surface area (Å²) in [6.07, 6.45) is -0.458. The van der Waals surface area contributed by atoms with Gasteiger partial charge in [0.1, 0.15) is 5.75 Å². The third kappa shape index (κ3) is 6.20. The maximum absolute atomic E-state index is 12.3. The molecule has 0 aromatic heterocycles. The molecule has 0 heterocycles. The molecule has 1 atom stereocenters. The van der Waals surface area contributed by atoms with E-state index >= 15 is 0 Å². The van der Waals surface area contributed by atoms with Gasteiger partial charge < -0.3 is 19.5 Å². The van der Waals surface area contributed by atoms with Crippen molar-refractivity contribution < 1.29 is 28.7 Å². The van der Waals surface area contributed by atoms with Crippen LogP contribution in [0.2, 0.25) is 0 Å². The van der Waals surface area contributed by atoms with Crippen LogP contribution in [0, 0.1) is 10.1 Å². The van der Waals surface area contributed by atoms with E-state index in [0.29, 0.717) is 13.0 Å². The highest BCUT2D eigenvalue weighted by Gasteiger charge is 2.22. The van der Waals surface area contributed by atoms with Gasteiger partial charge in [-0.15, -0.1) is 0 Å². The monoisotopic (exact) mass is 416 g/mol. The molecule has 0 spiro atoms. The minimum absolute atomic E-state index is 0.0389. The molecule has 2 aromatic carbocycles. The second kappa shape index (κ2) is 10.8. The average Bonchev–Trinajstić information content (AvgIpc) is 2.74. The second-order valence-electron chi connectivity index (χ2n) is 6.31.